The van der Waals surface area contributed by atoms with Gasteiger partial charge >= 0.3 is 0 Å². The molecule has 0 atom stereocenters. The largest absolute Gasteiger partial charge is 0.335 e. The number of hydrogen-bond donors (Lipinski definition) is 1. The highest BCUT2D eigenvalue weighted by molar-refractivity contribution is 9.10. The van der Waals surface area contributed by atoms with Crippen LogP contribution in [0, 0.1) is 0 Å². The van der Waals surface area contributed by atoms with E-state index in [0.29, 0.717) is 18.4 Å². The molecule has 1 saturated carbocycles. The highest BCUT2D eigenvalue weighted by Crippen LogP contribution is 2.30. The number of nitrogens with two attached hydrogens (primary N) is 1. The van der Waals surface area contributed by atoms with Gasteiger partial charge in [0.1, 0.15) is 0 Å². The van der Waals surface area contributed by atoms with Crippen LogP contribution in [-0.2, 0) is 11.3 Å². The van der Waals surface area contributed by atoms with Crippen LogP contribution in [0.3, 0.4) is 0 Å². The van der Waals surface area contributed by atoms with E-state index in [-0.39, 0.29) is 0 Å². The number of nitrogens with zero attached hydrogens (tertiary/aromatic N) is 1. The lowest BCUT2D eigenvalue weighted by Gasteiger charge is -2.23. The quantitative estimate of drug-likeness (QED) is 0.738. The normalized spacial score (nSPS) is 14.3. The van der Waals surface area contributed by atoms with Crippen molar-refractivity contribution >= 4 is 21.8 Å². The van der Waals surface area contributed by atoms with Crippen molar-refractivity contribution in [2.75, 3.05) is 6.54 Å². The SMILES string of the molecule is NCCCCCC(=O)N(Cc1ccccc1Br)C1CC1. The maximum absolute atomic E-state index is 12.4. The molecule has 0 spiro atoms. The average Bonchev–Trinajstić information content (AvgIpc) is 3.27. The van der Waals surface area contributed by atoms with Gasteiger partial charge in [0.2, 0.25) is 5.91 Å². The molecule has 0 aromatic heterocycles. The summed E-state index contributed by atoms with van der Waals surface area (Å²) in [7, 11) is 0. The van der Waals surface area contributed by atoms with Crippen LogP contribution in [0.5, 0.6) is 0 Å². The highest BCUT2D eigenvalue weighted by Gasteiger charge is 2.32. The molecule has 1 aliphatic rings. The Hall–Kier alpha value is -0.870. The number of hydrogen-bond acceptors (Lipinski definition) is 2. The zero-order valence-corrected chi connectivity index (χ0v) is 13.4. The topological polar surface area (TPSA) is 46.3 Å². The molecule has 1 aromatic carbocycles. The Labute approximate surface area is 129 Å². The maximum Gasteiger partial charge on any atom is 0.223 e. The van der Waals surface area contributed by atoms with Gasteiger partial charge < -0.3 is 10.6 Å². The Balaban J connectivity index is 1.90. The fourth-order valence-electron chi connectivity index (χ4n) is 2.36. The van der Waals surface area contributed by atoms with E-state index in [1.165, 1.54) is 5.56 Å². The molecular weight excluding hydrogens is 316 g/mol. The summed E-state index contributed by atoms with van der Waals surface area (Å²) < 4.78 is 1.08. The summed E-state index contributed by atoms with van der Waals surface area (Å²) in [5.41, 5.74) is 6.67. The minimum absolute atomic E-state index is 0.292. The van der Waals surface area contributed by atoms with Gasteiger partial charge in [0, 0.05) is 23.5 Å². The highest BCUT2D eigenvalue weighted by atomic mass is 79.9. The second-order valence-corrected chi connectivity index (χ2v) is 6.30. The van der Waals surface area contributed by atoms with Gasteiger partial charge in [-0.15, -0.1) is 0 Å². The zero-order chi connectivity index (χ0) is 14.4. The number of carbonyl (C=O) groups is 1. The monoisotopic (exact) mass is 338 g/mol. The molecule has 0 unspecified atom stereocenters. The van der Waals surface area contributed by atoms with Gasteiger partial charge in [0.15, 0.2) is 0 Å². The first-order valence-electron chi connectivity index (χ1n) is 7.45. The van der Waals surface area contributed by atoms with Gasteiger partial charge in [-0.1, -0.05) is 40.5 Å². The molecule has 1 fully saturated rings. The van der Waals surface area contributed by atoms with Gasteiger partial charge in [0.05, 0.1) is 0 Å². The van der Waals surface area contributed by atoms with Crippen molar-refractivity contribution in [1.82, 2.24) is 4.90 Å². The summed E-state index contributed by atoms with van der Waals surface area (Å²) in [5, 5.41) is 0. The summed E-state index contributed by atoms with van der Waals surface area (Å²) >= 11 is 3.56. The molecule has 1 amide bonds. The molecule has 0 bridgehead atoms. The van der Waals surface area contributed by atoms with Gasteiger partial charge in [-0.25, -0.2) is 0 Å². The zero-order valence-electron chi connectivity index (χ0n) is 11.9. The predicted molar refractivity (Wildman–Crippen MR) is 85.2 cm³/mol. The summed E-state index contributed by atoms with van der Waals surface area (Å²) in [6.45, 7) is 1.44. The first-order chi connectivity index (χ1) is 9.72. The fourth-order valence-corrected chi connectivity index (χ4v) is 2.77. The van der Waals surface area contributed by atoms with Crippen LogP contribution in [0.4, 0.5) is 0 Å². The lowest BCUT2D eigenvalue weighted by molar-refractivity contribution is -0.132. The Bertz CT molecular complexity index is 446. The summed E-state index contributed by atoms with van der Waals surface area (Å²) in [5.74, 6) is 0.292. The molecule has 20 heavy (non-hydrogen) atoms. The molecule has 2 rings (SSSR count). The Kier molecular flexibility index (Phi) is 6.05. The number of rotatable bonds is 8. The smallest absolute Gasteiger partial charge is 0.223 e. The third-order valence-electron chi connectivity index (χ3n) is 3.70. The summed E-state index contributed by atoms with van der Waals surface area (Å²) in [4.78, 5) is 14.4. The van der Waals surface area contributed by atoms with Crippen molar-refractivity contribution in [3.05, 3.63) is 34.3 Å². The second-order valence-electron chi connectivity index (χ2n) is 5.44. The van der Waals surface area contributed by atoms with Crippen LogP contribution in [-0.4, -0.2) is 23.4 Å². The van der Waals surface area contributed by atoms with Crippen LogP contribution < -0.4 is 5.73 Å². The molecular formula is C16H23BrN2O. The molecule has 3 nitrogen and oxygen atoms in total. The molecule has 0 aliphatic heterocycles. The number of amides is 1. The number of carbonyl (C=O) groups excluding carboxylic acids is 1. The molecule has 0 saturated heterocycles. The van der Waals surface area contributed by atoms with Gasteiger partial charge in [0.25, 0.3) is 0 Å². The van der Waals surface area contributed by atoms with E-state index >= 15 is 0 Å². The van der Waals surface area contributed by atoms with Crippen molar-refractivity contribution < 1.29 is 4.79 Å². The van der Waals surface area contributed by atoms with E-state index in [9.17, 15) is 4.79 Å². The summed E-state index contributed by atoms with van der Waals surface area (Å²) in [6, 6.07) is 8.61. The molecule has 0 heterocycles. The lowest BCUT2D eigenvalue weighted by atomic mass is 10.1. The minimum Gasteiger partial charge on any atom is -0.335 e. The van der Waals surface area contributed by atoms with E-state index < -0.39 is 0 Å². The lowest BCUT2D eigenvalue weighted by Crippen LogP contribution is -2.32. The Morgan fingerprint density at radius 3 is 2.65 bits per heavy atom. The average molecular weight is 339 g/mol. The van der Waals surface area contributed by atoms with Crippen molar-refractivity contribution in [3.63, 3.8) is 0 Å². The van der Waals surface area contributed by atoms with Crippen LogP contribution >= 0.6 is 15.9 Å². The molecule has 4 heteroatoms. The molecule has 1 aromatic rings. The number of benzene rings is 1. The van der Waals surface area contributed by atoms with Crippen molar-refractivity contribution in [1.29, 1.82) is 0 Å². The second kappa shape index (κ2) is 7.79. The Morgan fingerprint density at radius 1 is 1.25 bits per heavy atom. The minimum atomic E-state index is 0.292. The standard InChI is InChI=1S/C16H23BrN2O/c17-15-7-4-3-6-13(15)12-19(14-9-10-14)16(20)8-2-1-5-11-18/h3-4,6-7,14H,1-2,5,8-12,18H2. The van der Waals surface area contributed by atoms with Crippen LogP contribution in [0.25, 0.3) is 0 Å². The third-order valence-corrected chi connectivity index (χ3v) is 4.47. The predicted octanol–water partition coefficient (Wildman–Crippen LogP) is 3.46. The van der Waals surface area contributed by atoms with Crippen LogP contribution in [0.15, 0.2) is 28.7 Å². The molecule has 1 aliphatic carbocycles. The Morgan fingerprint density at radius 2 is 2.00 bits per heavy atom. The molecule has 0 radical (unpaired) electrons. The van der Waals surface area contributed by atoms with Crippen molar-refractivity contribution in [3.8, 4) is 0 Å². The van der Waals surface area contributed by atoms with E-state index in [2.05, 4.69) is 26.9 Å². The van der Waals surface area contributed by atoms with Gasteiger partial charge in [-0.2, -0.15) is 0 Å². The van der Waals surface area contributed by atoms with Gasteiger partial charge in [-0.3, -0.25) is 4.79 Å². The molecule has 2 N–H and O–H groups in total. The van der Waals surface area contributed by atoms with E-state index in [0.717, 1.165) is 49.7 Å². The van der Waals surface area contributed by atoms with Gasteiger partial charge in [-0.05, 0) is 43.9 Å². The van der Waals surface area contributed by atoms with E-state index in [1.54, 1.807) is 0 Å². The number of halogens is 1. The van der Waals surface area contributed by atoms with Crippen LogP contribution in [0.2, 0.25) is 0 Å². The van der Waals surface area contributed by atoms with E-state index in [1.807, 2.05) is 18.2 Å². The summed E-state index contributed by atoms with van der Waals surface area (Å²) in [6.07, 6.45) is 5.98. The third kappa shape index (κ3) is 4.60. The fraction of sp³-hybridized carbons (Fsp3) is 0.562. The number of unbranched alkanes of at least 4 members (excludes halogenated alkanes) is 2. The first-order valence-corrected chi connectivity index (χ1v) is 8.24. The first kappa shape index (κ1) is 15.5. The van der Waals surface area contributed by atoms with Crippen molar-refractivity contribution in [2.24, 2.45) is 5.73 Å². The maximum atomic E-state index is 12.4. The van der Waals surface area contributed by atoms with E-state index in [4.69, 9.17) is 5.73 Å². The van der Waals surface area contributed by atoms with Crippen LogP contribution in [0.1, 0.15) is 44.1 Å². The van der Waals surface area contributed by atoms with Crippen molar-refractivity contribution in [2.45, 2.75) is 51.1 Å². The molecule has 110 valence electrons.